The second-order valence-electron chi connectivity index (χ2n) is 4.79. The average Bonchev–Trinajstić information content (AvgIpc) is 2.38. The summed E-state index contributed by atoms with van der Waals surface area (Å²) in [6.45, 7) is 1.97. The molecule has 18 heavy (non-hydrogen) atoms. The van der Waals surface area contributed by atoms with Gasteiger partial charge in [0, 0.05) is 26.6 Å². The molecule has 4 nitrogen and oxygen atoms in total. The summed E-state index contributed by atoms with van der Waals surface area (Å²) in [5.41, 5.74) is 1.24. The summed E-state index contributed by atoms with van der Waals surface area (Å²) in [5, 5.41) is 3.23. The van der Waals surface area contributed by atoms with Crippen LogP contribution in [0.4, 0.5) is 0 Å². The van der Waals surface area contributed by atoms with E-state index < -0.39 is 0 Å². The van der Waals surface area contributed by atoms with Crippen LogP contribution >= 0.6 is 0 Å². The van der Waals surface area contributed by atoms with Gasteiger partial charge in [0.25, 0.3) is 0 Å². The Hall–Kier alpha value is -1.55. The molecule has 1 aromatic rings. The molecule has 0 saturated carbocycles. The SMILES string of the molecule is CN(C)C(=O)CNCC1CCOc2ccccc21. The third-order valence-electron chi connectivity index (χ3n) is 3.25. The van der Waals surface area contributed by atoms with Crippen LogP contribution in [0.5, 0.6) is 5.75 Å². The number of nitrogens with one attached hydrogen (secondary N) is 1. The number of fused-ring (bicyclic) bond motifs is 1. The van der Waals surface area contributed by atoms with Crippen LogP contribution in [-0.2, 0) is 4.79 Å². The van der Waals surface area contributed by atoms with Crippen LogP contribution in [0.15, 0.2) is 24.3 Å². The predicted molar refractivity (Wildman–Crippen MR) is 70.9 cm³/mol. The summed E-state index contributed by atoms with van der Waals surface area (Å²) in [6.07, 6.45) is 1.00. The third-order valence-corrected chi connectivity index (χ3v) is 3.25. The van der Waals surface area contributed by atoms with Crippen molar-refractivity contribution >= 4 is 5.91 Å². The van der Waals surface area contributed by atoms with Crippen molar-refractivity contribution in [3.63, 3.8) is 0 Å². The van der Waals surface area contributed by atoms with Crippen molar-refractivity contribution in [2.24, 2.45) is 0 Å². The number of ether oxygens (including phenoxy) is 1. The molecule has 4 heteroatoms. The van der Waals surface area contributed by atoms with Gasteiger partial charge in [0.05, 0.1) is 13.2 Å². The summed E-state index contributed by atoms with van der Waals surface area (Å²) >= 11 is 0. The van der Waals surface area contributed by atoms with E-state index in [1.54, 1.807) is 19.0 Å². The van der Waals surface area contributed by atoms with Crippen molar-refractivity contribution < 1.29 is 9.53 Å². The van der Waals surface area contributed by atoms with Crippen molar-refractivity contribution in [3.8, 4) is 5.75 Å². The summed E-state index contributed by atoms with van der Waals surface area (Å²) in [5.74, 6) is 1.52. The predicted octanol–water partition coefficient (Wildman–Crippen LogP) is 1.23. The van der Waals surface area contributed by atoms with Gasteiger partial charge in [0.15, 0.2) is 0 Å². The summed E-state index contributed by atoms with van der Waals surface area (Å²) in [4.78, 5) is 13.1. The van der Waals surface area contributed by atoms with Gasteiger partial charge in [0.2, 0.25) is 5.91 Å². The van der Waals surface area contributed by atoms with Crippen molar-refractivity contribution in [2.75, 3.05) is 33.8 Å². The van der Waals surface area contributed by atoms with Crippen LogP contribution in [0, 0.1) is 0 Å². The van der Waals surface area contributed by atoms with Gasteiger partial charge in [-0.2, -0.15) is 0 Å². The quantitative estimate of drug-likeness (QED) is 0.871. The number of amides is 1. The number of carbonyl (C=O) groups is 1. The highest BCUT2D eigenvalue weighted by molar-refractivity contribution is 5.77. The third kappa shape index (κ3) is 3.01. The van der Waals surface area contributed by atoms with Crippen molar-refractivity contribution in [1.29, 1.82) is 0 Å². The Morgan fingerprint density at radius 2 is 2.22 bits per heavy atom. The van der Waals surface area contributed by atoms with E-state index in [4.69, 9.17) is 4.74 Å². The van der Waals surface area contributed by atoms with Crippen LogP contribution in [0.2, 0.25) is 0 Å². The minimum Gasteiger partial charge on any atom is -0.493 e. The second kappa shape index (κ2) is 5.87. The molecular weight excluding hydrogens is 228 g/mol. The number of benzene rings is 1. The molecule has 0 radical (unpaired) electrons. The fourth-order valence-electron chi connectivity index (χ4n) is 2.14. The minimum atomic E-state index is 0.107. The highest BCUT2D eigenvalue weighted by Gasteiger charge is 2.20. The van der Waals surface area contributed by atoms with E-state index in [1.165, 1.54) is 5.56 Å². The Balaban J connectivity index is 1.90. The zero-order valence-corrected chi connectivity index (χ0v) is 11.0. The van der Waals surface area contributed by atoms with E-state index in [-0.39, 0.29) is 5.91 Å². The summed E-state index contributed by atoms with van der Waals surface area (Å²) in [6, 6.07) is 8.14. The molecule has 1 aliphatic heterocycles. The molecule has 0 bridgehead atoms. The zero-order chi connectivity index (χ0) is 13.0. The molecule has 0 aromatic heterocycles. The molecular formula is C14H20N2O2. The van der Waals surface area contributed by atoms with Crippen LogP contribution < -0.4 is 10.1 Å². The van der Waals surface area contributed by atoms with Gasteiger partial charge in [-0.1, -0.05) is 18.2 Å². The molecule has 98 valence electrons. The topological polar surface area (TPSA) is 41.6 Å². The van der Waals surface area contributed by atoms with E-state index in [0.29, 0.717) is 12.5 Å². The first-order valence-corrected chi connectivity index (χ1v) is 6.31. The molecule has 1 aromatic carbocycles. The number of carbonyl (C=O) groups excluding carboxylic acids is 1. The van der Waals surface area contributed by atoms with Gasteiger partial charge in [-0.15, -0.1) is 0 Å². The lowest BCUT2D eigenvalue weighted by atomic mass is 9.93. The summed E-state index contributed by atoms with van der Waals surface area (Å²) < 4.78 is 5.62. The number of nitrogens with zero attached hydrogens (tertiary/aromatic N) is 1. The minimum absolute atomic E-state index is 0.107. The molecule has 1 amide bonds. The molecule has 0 aliphatic carbocycles. The first kappa shape index (κ1) is 12.9. The van der Waals surface area contributed by atoms with Gasteiger partial charge < -0.3 is 15.0 Å². The van der Waals surface area contributed by atoms with Crippen molar-refractivity contribution in [2.45, 2.75) is 12.3 Å². The Kier molecular flexibility index (Phi) is 4.20. The monoisotopic (exact) mass is 248 g/mol. The lowest BCUT2D eigenvalue weighted by Gasteiger charge is -2.26. The van der Waals surface area contributed by atoms with E-state index in [9.17, 15) is 4.79 Å². The van der Waals surface area contributed by atoms with Gasteiger partial charge in [-0.05, 0) is 18.1 Å². The number of hydrogen-bond donors (Lipinski definition) is 1. The fourth-order valence-corrected chi connectivity index (χ4v) is 2.14. The summed E-state index contributed by atoms with van der Waals surface area (Å²) in [7, 11) is 3.54. The van der Waals surface area contributed by atoms with E-state index in [2.05, 4.69) is 11.4 Å². The lowest BCUT2D eigenvalue weighted by molar-refractivity contribution is -0.127. The molecule has 1 heterocycles. The van der Waals surface area contributed by atoms with Gasteiger partial charge in [-0.25, -0.2) is 0 Å². The number of rotatable bonds is 4. The molecule has 0 fully saturated rings. The van der Waals surface area contributed by atoms with Crippen molar-refractivity contribution in [3.05, 3.63) is 29.8 Å². The first-order chi connectivity index (χ1) is 8.68. The molecule has 0 spiro atoms. The average molecular weight is 248 g/mol. The molecule has 1 unspecified atom stereocenters. The smallest absolute Gasteiger partial charge is 0.236 e. The van der Waals surface area contributed by atoms with Gasteiger partial charge in [-0.3, -0.25) is 4.79 Å². The van der Waals surface area contributed by atoms with E-state index in [1.807, 2.05) is 18.2 Å². The Labute approximate surface area is 108 Å². The largest absolute Gasteiger partial charge is 0.493 e. The molecule has 0 saturated heterocycles. The molecule has 1 aliphatic rings. The number of likely N-dealkylation sites (N-methyl/N-ethyl adjacent to an activating group) is 1. The Morgan fingerprint density at radius 3 is 3.00 bits per heavy atom. The van der Waals surface area contributed by atoms with Crippen LogP contribution in [0.25, 0.3) is 0 Å². The highest BCUT2D eigenvalue weighted by atomic mass is 16.5. The maximum atomic E-state index is 11.5. The van der Waals surface area contributed by atoms with Crippen LogP contribution in [0.3, 0.4) is 0 Å². The number of hydrogen-bond acceptors (Lipinski definition) is 3. The number of para-hydroxylation sites is 1. The zero-order valence-electron chi connectivity index (χ0n) is 11.0. The normalized spacial score (nSPS) is 17.8. The maximum Gasteiger partial charge on any atom is 0.236 e. The lowest BCUT2D eigenvalue weighted by Crippen LogP contribution is -2.35. The fraction of sp³-hybridized carbons (Fsp3) is 0.500. The van der Waals surface area contributed by atoms with Gasteiger partial charge >= 0.3 is 0 Å². The highest BCUT2D eigenvalue weighted by Crippen LogP contribution is 2.32. The maximum absolute atomic E-state index is 11.5. The van der Waals surface area contributed by atoms with Gasteiger partial charge in [0.1, 0.15) is 5.75 Å². The van der Waals surface area contributed by atoms with E-state index in [0.717, 1.165) is 25.3 Å². The Bertz CT molecular complexity index is 418. The molecule has 1 atom stereocenters. The van der Waals surface area contributed by atoms with Crippen LogP contribution in [0.1, 0.15) is 17.9 Å². The second-order valence-corrected chi connectivity index (χ2v) is 4.79. The van der Waals surface area contributed by atoms with Crippen molar-refractivity contribution in [1.82, 2.24) is 10.2 Å². The van der Waals surface area contributed by atoms with E-state index >= 15 is 0 Å². The van der Waals surface area contributed by atoms with Crippen LogP contribution in [-0.4, -0.2) is 44.6 Å². The standard InChI is InChI=1S/C14H20N2O2/c1-16(2)14(17)10-15-9-11-7-8-18-13-6-4-3-5-12(11)13/h3-6,11,15H,7-10H2,1-2H3. The Morgan fingerprint density at radius 1 is 1.44 bits per heavy atom. The molecule has 1 N–H and O–H groups in total. The first-order valence-electron chi connectivity index (χ1n) is 6.31. The molecule has 2 rings (SSSR count).